The first-order valence-electron chi connectivity index (χ1n) is 7.49. The highest BCUT2D eigenvalue weighted by Gasteiger charge is 1.99. The normalized spacial score (nSPS) is 12.9. The second-order valence-corrected chi connectivity index (χ2v) is 5.03. The van der Waals surface area contributed by atoms with E-state index >= 15 is 0 Å². The van der Waals surface area contributed by atoms with Gasteiger partial charge in [-0.2, -0.15) is 0 Å². The molecule has 0 aromatic heterocycles. The van der Waals surface area contributed by atoms with Gasteiger partial charge < -0.3 is 5.11 Å². The van der Waals surface area contributed by atoms with Gasteiger partial charge in [-0.3, -0.25) is 0 Å². The predicted molar refractivity (Wildman–Crippen MR) is 72.8 cm³/mol. The molecule has 0 bridgehead atoms. The molecule has 98 valence electrons. The van der Waals surface area contributed by atoms with E-state index in [1.807, 2.05) is 0 Å². The minimum absolute atomic E-state index is 0.0472. The van der Waals surface area contributed by atoms with Crippen LogP contribution in [0.1, 0.15) is 90.9 Å². The third-order valence-corrected chi connectivity index (χ3v) is 3.36. The molecular formula is C15H32O. The Labute approximate surface area is 103 Å². The zero-order chi connectivity index (χ0) is 12.1. The van der Waals surface area contributed by atoms with Crippen LogP contribution in [0.2, 0.25) is 0 Å². The Morgan fingerprint density at radius 3 is 1.56 bits per heavy atom. The monoisotopic (exact) mass is 228 g/mol. The fourth-order valence-electron chi connectivity index (χ4n) is 2.07. The topological polar surface area (TPSA) is 20.2 Å². The van der Waals surface area contributed by atoms with Crippen LogP contribution < -0.4 is 0 Å². The van der Waals surface area contributed by atoms with Gasteiger partial charge in [-0.05, 0) is 12.8 Å². The number of hydrogen-bond acceptors (Lipinski definition) is 1. The molecule has 0 saturated heterocycles. The van der Waals surface area contributed by atoms with Crippen LogP contribution in [0.5, 0.6) is 0 Å². The Kier molecular flexibility index (Phi) is 13.0. The summed E-state index contributed by atoms with van der Waals surface area (Å²) >= 11 is 0. The molecule has 0 fully saturated rings. The van der Waals surface area contributed by atoms with Gasteiger partial charge in [0, 0.05) is 0 Å². The van der Waals surface area contributed by atoms with Gasteiger partial charge in [-0.25, -0.2) is 0 Å². The van der Waals surface area contributed by atoms with E-state index in [1.54, 1.807) is 0 Å². The molecule has 0 aliphatic carbocycles. The molecule has 0 amide bonds. The molecule has 0 aromatic carbocycles. The molecule has 1 nitrogen and oxygen atoms in total. The van der Waals surface area contributed by atoms with E-state index in [1.165, 1.54) is 64.2 Å². The number of unbranched alkanes of at least 4 members (excludes halogenated alkanes) is 9. The van der Waals surface area contributed by atoms with Crippen molar-refractivity contribution in [2.24, 2.45) is 0 Å². The van der Waals surface area contributed by atoms with Gasteiger partial charge in [0.25, 0.3) is 0 Å². The van der Waals surface area contributed by atoms with E-state index in [4.69, 9.17) is 0 Å². The van der Waals surface area contributed by atoms with Crippen molar-refractivity contribution in [2.45, 2.75) is 97.0 Å². The van der Waals surface area contributed by atoms with Crippen molar-refractivity contribution < 1.29 is 5.11 Å². The number of aliphatic hydroxyl groups is 1. The maximum Gasteiger partial charge on any atom is 0.0537 e. The second-order valence-electron chi connectivity index (χ2n) is 5.03. The van der Waals surface area contributed by atoms with Crippen LogP contribution in [0.3, 0.4) is 0 Å². The van der Waals surface area contributed by atoms with Gasteiger partial charge in [0.2, 0.25) is 0 Å². The molecular weight excluding hydrogens is 196 g/mol. The van der Waals surface area contributed by atoms with E-state index in [-0.39, 0.29) is 6.10 Å². The first-order valence-corrected chi connectivity index (χ1v) is 7.49. The fourth-order valence-corrected chi connectivity index (χ4v) is 2.07. The summed E-state index contributed by atoms with van der Waals surface area (Å²) in [6, 6.07) is 0. The van der Waals surface area contributed by atoms with Crippen molar-refractivity contribution in [1.29, 1.82) is 0 Å². The Bertz CT molecular complexity index is 123. The molecule has 0 saturated carbocycles. The number of hydrogen-bond donors (Lipinski definition) is 1. The Balaban J connectivity index is 2.93. The lowest BCUT2D eigenvalue weighted by Gasteiger charge is -2.06. The van der Waals surface area contributed by atoms with Crippen LogP contribution in [0.4, 0.5) is 0 Å². The van der Waals surface area contributed by atoms with E-state index in [0.717, 1.165) is 12.8 Å². The van der Waals surface area contributed by atoms with E-state index < -0.39 is 0 Å². The van der Waals surface area contributed by atoms with Gasteiger partial charge in [0.1, 0.15) is 0 Å². The molecule has 16 heavy (non-hydrogen) atoms. The molecule has 0 aliphatic heterocycles. The highest BCUT2D eigenvalue weighted by atomic mass is 16.3. The molecule has 1 heteroatoms. The predicted octanol–water partition coefficient (Wildman–Crippen LogP) is 5.07. The molecule has 0 rings (SSSR count). The summed E-state index contributed by atoms with van der Waals surface area (Å²) in [6.45, 7) is 4.33. The molecule has 1 N–H and O–H groups in total. The average molecular weight is 228 g/mol. The number of aliphatic hydroxyl groups excluding tert-OH is 1. The van der Waals surface area contributed by atoms with Gasteiger partial charge in [0.05, 0.1) is 6.10 Å². The van der Waals surface area contributed by atoms with Crippen LogP contribution in [0, 0.1) is 0 Å². The Morgan fingerprint density at radius 2 is 1.12 bits per heavy atom. The molecule has 0 aliphatic rings. The van der Waals surface area contributed by atoms with Gasteiger partial charge in [-0.1, -0.05) is 78.1 Å². The highest BCUT2D eigenvalue weighted by Crippen LogP contribution is 2.12. The van der Waals surface area contributed by atoms with E-state index in [9.17, 15) is 5.11 Å². The smallest absolute Gasteiger partial charge is 0.0537 e. The molecule has 0 aromatic rings. The van der Waals surface area contributed by atoms with E-state index in [0.29, 0.717) is 0 Å². The average Bonchev–Trinajstić information content (AvgIpc) is 2.31. The zero-order valence-corrected chi connectivity index (χ0v) is 11.5. The maximum absolute atomic E-state index is 9.38. The lowest BCUT2D eigenvalue weighted by Crippen LogP contribution is -2.03. The lowest BCUT2D eigenvalue weighted by molar-refractivity contribution is 0.156. The molecule has 1 atom stereocenters. The van der Waals surface area contributed by atoms with Crippen molar-refractivity contribution in [1.82, 2.24) is 0 Å². The third kappa shape index (κ3) is 12.0. The second kappa shape index (κ2) is 13.0. The van der Waals surface area contributed by atoms with Crippen LogP contribution in [-0.4, -0.2) is 11.2 Å². The van der Waals surface area contributed by atoms with E-state index in [2.05, 4.69) is 13.8 Å². The minimum Gasteiger partial charge on any atom is -0.393 e. The SMILES string of the molecule is CCCCCCCCCCCC[C@H](O)CC. The standard InChI is InChI=1S/C15H32O/c1-3-5-6-7-8-9-10-11-12-13-14-15(16)4-2/h15-16H,3-14H2,1-2H3/t15-/m1/s1. The summed E-state index contributed by atoms with van der Waals surface area (Å²) in [4.78, 5) is 0. The molecule has 0 radical (unpaired) electrons. The minimum atomic E-state index is -0.0472. The van der Waals surface area contributed by atoms with Crippen molar-refractivity contribution in [3.63, 3.8) is 0 Å². The summed E-state index contributed by atoms with van der Waals surface area (Å²) in [5, 5.41) is 9.38. The van der Waals surface area contributed by atoms with Crippen LogP contribution in [-0.2, 0) is 0 Å². The van der Waals surface area contributed by atoms with Crippen molar-refractivity contribution in [3.8, 4) is 0 Å². The molecule has 0 unspecified atom stereocenters. The first-order chi connectivity index (χ1) is 7.81. The summed E-state index contributed by atoms with van der Waals surface area (Å²) < 4.78 is 0. The lowest BCUT2D eigenvalue weighted by atomic mass is 10.0. The fraction of sp³-hybridized carbons (Fsp3) is 1.00. The van der Waals surface area contributed by atoms with Crippen LogP contribution in [0.25, 0.3) is 0 Å². The van der Waals surface area contributed by atoms with Gasteiger partial charge in [0.15, 0.2) is 0 Å². The number of rotatable bonds is 12. The van der Waals surface area contributed by atoms with Crippen molar-refractivity contribution >= 4 is 0 Å². The van der Waals surface area contributed by atoms with Gasteiger partial charge >= 0.3 is 0 Å². The highest BCUT2D eigenvalue weighted by molar-refractivity contribution is 4.53. The molecule has 0 heterocycles. The van der Waals surface area contributed by atoms with Crippen LogP contribution in [0.15, 0.2) is 0 Å². The van der Waals surface area contributed by atoms with Gasteiger partial charge in [-0.15, -0.1) is 0 Å². The summed E-state index contributed by atoms with van der Waals surface area (Å²) in [6.07, 6.45) is 15.6. The summed E-state index contributed by atoms with van der Waals surface area (Å²) in [5.41, 5.74) is 0. The quantitative estimate of drug-likeness (QED) is 0.462. The first kappa shape index (κ1) is 16.0. The molecule has 0 spiro atoms. The Morgan fingerprint density at radius 1 is 0.688 bits per heavy atom. The zero-order valence-electron chi connectivity index (χ0n) is 11.5. The summed E-state index contributed by atoms with van der Waals surface area (Å²) in [5.74, 6) is 0. The van der Waals surface area contributed by atoms with Crippen molar-refractivity contribution in [2.75, 3.05) is 0 Å². The summed E-state index contributed by atoms with van der Waals surface area (Å²) in [7, 11) is 0. The van der Waals surface area contributed by atoms with Crippen LogP contribution >= 0.6 is 0 Å². The maximum atomic E-state index is 9.38. The van der Waals surface area contributed by atoms with Crippen molar-refractivity contribution in [3.05, 3.63) is 0 Å². The largest absolute Gasteiger partial charge is 0.393 e. The third-order valence-electron chi connectivity index (χ3n) is 3.36. The Hall–Kier alpha value is -0.0400.